The third-order valence-corrected chi connectivity index (χ3v) is 3.31. The number of nitrogens with zero attached hydrogens (tertiary/aromatic N) is 4. The molecule has 1 fully saturated rings. The van der Waals surface area contributed by atoms with Gasteiger partial charge in [-0.1, -0.05) is 6.07 Å². The molecule has 3 rings (SSSR count). The van der Waals surface area contributed by atoms with Crippen LogP contribution < -0.4 is 5.32 Å². The molecule has 0 unspecified atom stereocenters. The SMILES string of the molecule is O=C(Nc1cccc(-n2cnnn2)c1)[C@@H]1CC[C@H](C(=O)O)O1. The minimum absolute atomic E-state index is 0.331. The molecule has 0 spiro atoms. The number of aliphatic carboxylic acids is 1. The summed E-state index contributed by atoms with van der Waals surface area (Å²) in [7, 11) is 0. The molecule has 114 valence electrons. The van der Waals surface area contributed by atoms with Gasteiger partial charge in [-0.05, 0) is 41.5 Å². The average molecular weight is 303 g/mol. The minimum Gasteiger partial charge on any atom is -0.479 e. The van der Waals surface area contributed by atoms with E-state index < -0.39 is 18.2 Å². The molecule has 1 amide bonds. The van der Waals surface area contributed by atoms with Crippen molar-refractivity contribution in [1.29, 1.82) is 0 Å². The highest BCUT2D eigenvalue weighted by molar-refractivity contribution is 5.95. The summed E-state index contributed by atoms with van der Waals surface area (Å²) < 4.78 is 6.67. The fourth-order valence-corrected chi connectivity index (χ4v) is 2.24. The molecule has 2 atom stereocenters. The Hall–Kier alpha value is -2.81. The van der Waals surface area contributed by atoms with Crippen LogP contribution in [0.15, 0.2) is 30.6 Å². The number of nitrogens with one attached hydrogen (secondary N) is 1. The van der Waals surface area contributed by atoms with Crippen molar-refractivity contribution in [3.8, 4) is 5.69 Å². The zero-order valence-corrected chi connectivity index (χ0v) is 11.4. The van der Waals surface area contributed by atoms with E-state index in [0.717, 1.165) is 0 Å². The fraction of sp³-hybridized carbons (Fsp3) is 0.308. The number of hydrogen-bond donors (Lipinski definition) is 2. The van der Waals surface area contributed by atoms with Gasteiger partial charge in [-0.15, -0.1) is 5.10 Å². The number of anilines is 1. The van der Waals surface area contributed by atoms with Crippen molar-refractivity contribution in [2.45, 2.75) is 25.0 Å². The first-order valence-corrected chi connectivity index (χ1v) is 6.66. The lowest BCUT2D eigenvalue weighted by Gasteiger charge is -2.12. The highest BCUT2D eigenvalue weighted by Gasteiger charge is 2.34. The van der Waals surface area contributed by atoms with E-state index in [0.29, 0.717) is 24.2 Å². The molecule has 9 heteroatoms. The van der Waals surface area contributed by atoms with Crippen LogP contribution in [0.3, 0.4) is 0 Å². The molecule has 0 aliphatic carbocycles. The first kappa shape index (κ1) is 14.1. The molecule has 2 N–H and O–H groups in total. The van der Waals surface area contributed by atoms with E-state index in [1.165, 1.54) is 11.0 Å². The molecule has 2 heterocycles. The maximum Gasteiger partial charge on any atom is 0.332 e. The minimum atomic E-state index is -1.05. The number of hydrogen-bond acceptors (Lipinski definition) is 6. The molecule has 22 heavy (non-hydrogen) atoms. The van der Waals surface area contributed by atoms with Gasteiger partial charge in [0.15, 0.2) is 6.10 Å². The van der Waals surface area contributed by atoms with Crippen molar-refractivity contribution >= 4 is 17.6 Å². The zero-order chi connectivity index (χ0) is 15.5. The largest absolute Gasteiger partial charge is 0.479 e. The third-order valence-electron chi connectivity index (χ3n) is 3.31. The number of rotatable bonds is 4. The van der Waals surface area contributed by atoms with E-state index in [1.54, 1.807) is 24.3 Å². The van der Waals surface area contributed by atoms with Crippen molar-refractivity contribution in [2.75, 3.05) is 5.32 Å². The topological polar surface area (TPSA) is 119 Å². The maximum absolute atomic E-state index is 12.1. The van der Waals surface area contributed by atoms with E-state index in [1.807, 2.05) is 0 Å². The van der Waals surface area contributed by atoms with Crippen LogP contribution in [0.25, 0.3) is 5.69 Å². The van der Waals surface area contributed by atoms with Crippen LogP contribution in [-0.2, 0) is 14.3 Å². The van der Waals surface area contributed by atoms with Gasteiger partial charge in [0.1, 0.15) is 12.4 Å². The Labute approximate surface area is 124 Å². The van der Waals surface area contributed by atoms with E-state index in [4.69, 9.17) is 9.84 Å². The monoisotopic (exact) mass is 303 g/mol. The lowest BCUT2D eigenvalue weighted by molar-refractivity contribution is -0.150. The van der Waals surface area contributed by atoms with Crippen molar-refractivity contribution < 1.29 is 19.4 Å². The summed E-state index contributed by atoms with van der Waals surface area (Å²) in [4.78, 5) is 22.9. The molecule has 1 saturated heterocycles. The predicted octanol–water partition coefficient (Wildman–Crippen LogP) is 0.233. The quantitative estimate of drug-likeness (QED) is 0.829. The van der Waals surface area contributed by atoms with Crippen molar-refractivity contribution in [3.63, 3.8) is 0 Å². The summed E-state index contributed by atoms with van der Waals surface area (Å²) in [5.74, 6) is -1.41. The summed E-state index contributed by atoms with van der Waals surface area (Å²) in [5, 5.41) is 22.4. The Morgan fingerprint density at radius 3 is 2.82 bits per heavy atom. The van der Waals surface area contributed by atoms with Crippen LogP contribution in [0, 0.1) is 0 Å². The Morgan fingerprint density at radius 2 is 2.14 bits per heavy atom. The van der Waals surface area contributed by atoms with Crippen LogP contribution >= 0.6 is 0 Å². The van der Waals surface area contributed by atoms with Crippen molar-refractivity contribution in [1.82, 2.24) is 20.2 Å². The Balaban J connectivity index is 1.67. The number of aromatic nitrogens is 4. The molecular weight excluding hydrogens is 290 g/mol. The molecule has 9 nitrogen and oxygen atoms in total. The number of carbonyl (C=O) groups excluding carboxylic acids is 1. The number of amides is 1. The second-order valence-corrected chi connectivity index (χ2v) is 4.82. The highest BCUT2D eigenvalue weighted by atomic mass is 16.5. The Bertz CT molecular complexity index is 687. The predicted molar refractivity (Wildman–Crippen MR) is 73.3 cm³/mol. The first-order chi connectivity index (χ1) is 10.6. The number of ether oxygens (including phenoxy) is 1. The lowest BCUT2D eigenvalue weighted by Crippen LogP contribution is -2.29. The lowest BCUT2D eigenvalue weighted by atomic mass is 10.2. The summed E-state index contributed by atoms with van der Waals surface area (Å²) >= 11 is 0. The van der Waals surface area contributed by atoms with Crippen LogP contribution in [-0.4, -0.2) is 49.4 Å². The number of carboxylic acid groups (broad SMARTS) is 1. The van der Waals surface area contributed by atoms with Crippen LogP contribution in [0.1, 0.15) is 12.8 Å². The standard InChI is InChI=1S/C13H13N5O4/c19-12(10-4-5-11(22-10)13(20)21)15-8-2-1-3-9(6-8)18-7-14-16-17-18/h1-3,6-7,10-11H,4-5H2,(H,15,19)(H,20,21)/t10-,11+/m0/s1. The van der Waals surface area contributed by atoms with Crippen molar-refractivity contribution in [3.05, 3.63) is 30.6 Å². The summed E-state index contributed by atoms with van der Waals surface area (Å²) in [6.45, 7) is 0. The van der Waals surface area contributed by atoms with Crippen LogP contribution in [0.2, 0.25) is 0 Å². The molecule has 1 aromatic carbocycles. The van der Waals surface area contributed by atoms with Crippen LogP contribution in [0.5, 0.6) is 0 Å². The van der Waals surface area contributed by atoms with E-state index in [-0.39, 0.29) is 5.91 Å². The average Bonchev–Trinajstić information content (AvgIpc) is 3.19. The zero-order valence-electron chi connectivity index (χ0n) is 11.4. The number of tetrazole rings is 1. The van der Waals surface area contributed by atoms with E-state index in [2.05, 4.69) is 20.8 Å². The summed E-state index contributed by atoms with van der Waals surface area (Å²) in [6, 6.07) is 6.97. The van der Waals surface area contributed by atoms with Gasteiger partial charge < -0.3 is 15.2 Å². The van der Waals surface area contributed by atoms with Gasteiger partial charge in [0.25, 0.3) is 5.91 Å². The van der Waals surface area contributed by atoms with Gasteiger partial charge in [0.2, 0.25) is 0 Å². The second kappa shape index (κ2) is 5.90. The Kier molecular flexibility index (Phi) is 3.79. The normalized spacial score (nSPS) is 20.7. The highest BCUT2D eigenvalue weighted by Crippen LogP contribution is 2.22. The Morgan fingerprint density at radius 1 is 1.32 bits per heavy atom. The fourth-order valence-electron chi connectivity index (χ4n) is 2.24. The van der Waals surface area contributed by atoms with Crippen LogP contribution in [0.4, 0.5) is 5.69 Å². The van der Waals surface area contributed by atoms with Gasteiger partial charge >= 0.3 is 5.97 Å². The first-order valence-electron chi connectivity index (χ1n) is 6.66. The molecule has 0 bridgehead atoms. The summed E-state index contributed by atoms with van der Waals surface area (Å²) in [6.07, 6.45) is 0.493. The van der Waals surface area contributed by atoms with Crippen molar-refractivity contribution in [2.24, 2.45) is 0 Å². The van der Waals surface area contributed by atoms with Gasteiger partial charge in [0.05, 0.1) is 5.69 Å². The molecule has 1 aromatic heterocycles. The molecule has 0 saturated carbocycles. The molecule has 2 aromatic rings. The maximum atomic E-state index is 12.1. The smallest absolute Gasteiger partial charge is 0.332 e. The number of carbonyl (C=O) groups is 2. The molecule has 0 radical (unpaired) electrons. The van der Waals surface area contributed by atoms with E-state index >= 15 is 0 Å². The van der Waals surface area contributed by atoms with Gasteiger partial charge in [0, 0.05) is 5.69 Å². The summed E-state index contributed by atoms with van der Waals surface area (Å²) in [5.41, 5.74) is 1.25. The number of carboxylic acids is 1. The number of benzene rings is 1. The molecule has 1 aliphatic heterocycles. The van der Waals surface area contributed by atoms with Gasteiger partial charge in [-0.25, -0.2) is 9.48 Å². The van der Waals surface area contributed by atoms with Gasteiger partial charge in [-0.3, -0.25) is 4.79 Å². The van der Waals surface area contributed by atoms with Gasteiger partial charge in [-0.2, -0.15) is 0 Å². The molecular formula is C13H13N5O4. The van der Waals surface area contributed by atoms with E-state index in [9.17, 15) is 9.59 Å². The second-order valence-electron chi connectivity index (χ2n) is 4.82. The molecule has 1 aliphatic rings. The third kappa shape index (κ3) is 2.93.